The van der Waals surface area contributed by atoms with Crippen molar-refractivity contribution in [2.75, 3.05) is 26.1 Å². The predicted octanol–water partition coefficient (Wildman–Crippen LogP) is 5.55. The lowest BCUT2D eigenvalue weighted by molar-refractivity contribution is -0.116. The van der Waals surface area contributed by atoms with Gasteiger partial charge >= 0.3 is 5.97 Å². The van der Waals surface area contributed by atoms with Crippen molar-refractivity contribution < 1.29 is 14.3 Å². The van der Waals surface area contributed by atoms with Crippen LogP contribution >= 0.6 is 0 Å². The minimum absolute atomic E-state index is 0.0138. The molecule has 0 saturated heterocycles. The Hall–Kier alpha value is -3.70. The van der Waals surface area contributed by atoms with Gasteiger partial charge in [-0.05, 0) is 78.7 Å². The predicted molar refractivity (Wildman–Crippen MR) is 138 cm³/mol. The number of amides is 1. The molecular weight excluding hydrogens is 424 g/mol. The number of hydrogen-bond acceptors (Lipinski definition) is 4. The number of methoxy groups -OCH3 is 1. The van der Waals surface area contributed by atoms with Gasteiger partial charge in [-0.1, -0.05) is 48.0 Å². The topological polar surface area (TPSA) is 49.9 Å². The fraction of sp³-hybridized carbons (Fsp3) is 0.241. The molecule has 0 spiro atoms. The summed E-state index contributed by atoms with van der Waals surface area (Å²) in [5.41, 5.74) is 8.43. The number of nitrogens with zero attached hydrogens (tertiary/aromatic N) is 2. The third-order valence-corrected chi connectivity index (χ3v) is 6.07. The molecule has 0 radical (unpaired) electrons. The van der Waals surface area contributed by atoms with E-state index in [0.29, 0.717) is 12.1 Å². The molecule has 0 aliphatic carbocycles. The van der Waals surface area contributed by atoms with Crippen LogP contribution in [0.15, 0.2) is 54.6 Å². The number of anilines is 1. The van der Waals surface area contributed by atoms with Crippen LogP contribution in [-0.2, 0) is 22.6 Å². The van der Waals surface area contributed by atoms with Gasteiger partial charge in [0.2, 0.25) is 5.91 Å². The molecule has 174 valence electrons. The Bertz CT molecular complexity index is 1290. The summed E-state index contributed by atoms with van der Waals surface area (Å²) in [5.74, 6) is -0.378. The van der Waals surface area contributed by atoms with Crippen LogP contribution in [0.2, 0.25) is 0 Å². The first kappa shape index (κ1) is 23.5. The number of rotatable bonds is 4. The Morgan fingerprint density at radius 1 is 0.971 bits per heavy atom. The molecule has 0 atom stereocenters. The number of carbonyl (C=O) groups excluding carboxylic acids is 2. The smallest absolute Gasteiger partial charge is 0.338 e. The third-order valence-electron chi connectivity index (χ3n) is 6.07. The quantitative estimate of drug-likeness (QED) is 0.485. The van der Waals surface area contributed by atoms with E-state index in [4.69, 9.17) is 4.74 Å². The summed E-state index contributed by atoms with van der Waals surface area (Å²) in [5, 5.41) is 0. The first-order chi connectivity index (χ1) is 16.3. The molecule has 1 aliphatic heterocycles. The van der Waals surface area contributed by atoms with E-state index in [2.05, 4.69) is 35.3 Å². The third kappa shape index (κ3) is 4.80. The Balaban J connectivity index is 1.82. The van der Waals surface area contributed by atoms with E-state index in [0.717, 1.165) is 51.2 Å². The fourth-order valence-electron chi connectivity index (χ4n) is 4.43. The first-order valence-electron chi connectivity index (χ1n) is 11.3. The first-order valence-corrected chi connectivity index (χ1v) is 11.3. The van der Waals surface area contributed by atoms with Gasteiger partial charge in [0.15, 0.2) is 0 Å². The van der Waals surface area contributed by atoms with Crippen LogP contribution in [0.4, 0.5) is 5.69 Å². The summed E-state index contributed by atoms with van der Waals surface area (Å²) in [6.07, 6.45) is 4.15. The van der Waals surface area contributed by atoms with Crippen molar-refractivity contribution in [2.24, 2.45) is 0 Å². The molecule has 0 bridgehead atoms. The minimum atomic E-state index is -0.364. The van der Waals surface area contributed by atoms with Crippen LogP contribution < -0.4 is 4.90 Å². The molecule has 1 amide bonds. The highest BCUT2D eigenvalue weighted by Gasteiger charge is 2.20. The lowest BCUT2D eigenvalue weighted by atomic mass is 9.92. The summed E-state index contributed by atoms with van der Waals surface area (Å²) >= 11 is 0. The summed E-state index contributed by atoms with van der Waals surface area (Å²) in [6, 6.07) is 18.2. The van der Waals surface area contributed by atoms with Gasteiger partial charge in [-0.3, -0.25) is 4.79 Å². The number of aryl methyl sites for hydroxylation is 1. The molecule has 3 aromatic carbocycles. The van der Waals surface area contributed by atoms with Crippen molar-refractivity contribution in [3.05, 3.63) is 88.0 Å². The maximum Gasteiger partial charge on any atom is 0.338 e. The fourth-order valence-corrected chi connectivity index (χ4v) is 4.43. The molecule has 0 aromatic heterocycles. The van der Waals surface area contributed by atoms with Gasteiger partial charge < -0.3 is 14.5 Å². The maximum absolute atomic E-state index is 12.6. The van der Waals surface area contributed by atoms with Gasteiger partial charge in [0.25, 0.3) is 0 Å². The molecule has 3 aromatic rings. The van der Waals surface area contributed by atoms with Crippen molar-refractivity contribution in [1.29, 1.82) is 0 Å². The van der Waals surface area contributed by atoms with E-state index >= 15 is 0 Å². The van der Waals surface area contributed by atoms with Gasteiger partial charge in [-0.2, -0.15) is 0 Å². The largest absolute Gasteiger partial charge is 0.465 e. The van der Waals surface area contributed by atoms with Crippen molar-refractivity contribution in [3.63, 3.8) is 0 Å². The number of fused-ring (bicyclic) bond motifs is 2. The molecule has 5 heteroatoms. The van der Waals surface area contributed by atoms with Crippen molar-refractivity contribution in [2.45, 2.75) is 26.9 Å². The van der Waals surface area contributed by atoms with Gasteiger partial charge in [0.1, 0.15) is 0 Å². The number of hydrogen-bond donors (Lipinski definition) is 0. The normalized spacial score (nSPS) is 13.5. The molecule has 0 saturated carbocycles. The molecule has 1 heterocycles. The molecule has 0 unspecified atom stereocenters. The Morgan fingerprint density at radius 3 is 2.44 bits per heavy atom. The molecule has 5 nitrogen and oxygen atoms in total. The highest BCUT2D eigenvalue weighted by molar-refractivity contribution is 5.98. The van der Waals surface area contributed by atoms with E-state index in [9.17, 15) is 9.59 Å². The van der Waals surface area contributed by atoms with Gasteiger partial charge in [-0.25, -0.2) is 4.79 Å². The van der Waals surface area contributed by atoms with Crippen molar-refractivity contribution in [3.8, 4) is 11.1 Å². The standard InChI is InChI=1S/C29H30N2O3/c1-19-6-13-28-24(14-19)11-9-22-8-10-23(16-25(22)18-31(28)20(2)32)26-12-7-21(17-30(3)4)15-27(26)29(33)34-5/h6-16H,17-18H2,1-5H3/b11-9-. The number of esters is 1. The molecule has 0 fully saturated rings. The molecule has 4 rings (SSSR count). The van der Waals surface area contributed by atoms with Gasteiger partial charge in [0, 0.05) is 13.5 Å². The lowest BCUT2D eigenvalue weighted by Crippen LogP contribution is -2.29. The number of ether oxygens (including phenoxy) is 1. The van der Waals surface area contributed by atoms with E-state index in [1.54, 1.807) is 6.92 Å². The lowest BCUT2D eigenvalue weighted by Gasteiger charge is -2.26. The average Bonchev–Trinajstić information content (AvgIpc) is 2.79. The SMILES string of the molecule is COC(=O)c1cc(CN(C)C)ccc1-c1ccc2c(c1)CN(C(C)=O)c1ccc(C)cc1/C=C\2. The summed E-state index contributed by atoms with van der Waals surface area (Å²) in [6.45, 7) is 4.82. The van der Waals surface area contributed by atoms with Gasteiger partial charge in [0.05, 0.1) is 24.9 Å². The zero-order valence-corrected chi connectivity index (χ0v) is 20.4. The summed E-state index contributed by atoms with van der Waals surface area (Å²) in [7, 11) is 5.39. The highest BCUT2D eigenvalue weighted by Crippen LogP contribution is 2.33. The van der Waals surface area contributed by atoms with Crippen LogP contribution in [0.3, 0.4) is 0 Å². The molecule has 1 aliphatic rings. The van der Waals surface area contributed by atoms with Crippen LogP contribution in [0, 0.1) is 6.92 Å². The van der Waals surface area contributed by atoms with Crippen LogP contribution in [-0.4, -0.2) is 38.0 Å². The second kappa shape index (κ2) is 9.65. The second-order valence-corrected chi connectivity index (χ2v) is 9.02. The van der Waals surface area contributed by atoms with Crippen LogP contribution in [0.5, 0.6) is 0 Å². The van der Waals surface area contributed by atoms with E-state index < -0.39 is 0 Å². The Morgan fingerprint density at radius 2 is 1.74 bits per heavy atom. The number of benzene rings is 3. The van der Waals surface area contributed by atoms with Gasteiger partial charge in [-0.15, -0.1) is 0 Å². The van der Waals surface area contributed by atoms with E-state index in [1.165, 1.54) is 7.11 Å². The number of carbonyl (C=O) groups is 2. The Kier molecular flexibility index (Phi) is 6.66. The van der Waals surface area contributed by atoms with E-state index in [-0.39, 0.29) is 11.9 Å². The molecule has 34 heavy (non-hydrogen) atoms. The Labute approximate surface area is 201 Å². The minimum Gasteiger partial charge on any atom is -0.465 e. The van der Waals surface area contributed by atoms with Crippen LogP contribution in [0.25, 0.3) is 23.3 Å². The summed E-state index contributed by atoms with van der Waals surface area (Å²) in [4.78, 5) is 29.1. The zero-order chi connectivity index (χ0) is 24.4. The average molecular weight is 455 g/mol. The van der Waals surface area contributed by atoms with Crippen molar-refractivity contribution in [1.82, 2.24) is 4.90 Å². The van der Waals surface area contributed by atoms with Crippen LogP contribution in [0.1, 0.15) is 45.1 Å². The molecule has 0 N–H and O–H groups in total. The van der Waals surface area contributed by atoms with Crippen molar-refractivity contribution >= 4 is 29.7 Å². The monoisotopic (exact) mass is 454 g/mol. The maximum atomic E-state index is 12.6. The van der Waals surface area contributed by atoms with E-state index in [1.807, 2.05) is 62.3 Å². The molecular formula is C29H30N2O3. The summed E-state index contributed by atoms with van der Waals surface area (Å²) < 4.78 is 5.09. The zero-order valence-electron chi connectivity index (χ0n) is 20.4. The highest BCUT2D eigenvalue weighted by atomic mass is 16.5. The second-order valence-electron chi connectivity index (χ2n) is 9.02.